The molecule has 1 aromatic carbocycles. The Morgan fingerprint density at radius 2 is 1.95 bits per heavy atom. The molecule has 5 nitrogen and oxygen atoms in total. The van der Waals surface area contributed by atoms with Crippen molar-refractivity contribution in [2.75, 3.05) is 20.1 Å². The van der Waals surface area contributed by atoms with Crippen molar-refractivity contribution in [2.24, 2.45) is 5.73 Å². The number of nitrogens with zero attached hydrogens (tertiary/aromatic N) is 1. The Kier molecular flexibility index (Phi) is 6.65. The maximum Gasteiger partial charge on any atom is 0.253 e. The molecule has 0 spiro atoms. The lowest BCUT2D eigenvalue weighted by Gasteiger charge is -2.27. The number of hydrogen-bond acceptors (Lipinski definition) is 3. The lowest BCUT2D eigenvalue weighted by Crippen LogP contribution is -2.37. The minimum absolute atomic E-state index is 0. The van der Waals surface area contributed by atoms with Crippen molar-refractivity contribution in [1.82, 2.24) is 10.2 Å². The Morgan fingerprint density at radius 1 is 1.24 bits per heavy atom. The van der Waals surface area contributed by atoms with Gasteiger partial charge in [-0.1, -0.05) is 6.07 Å². The predicted octanol–water partition coefficient (Wildman–Crippen LogP) is 1.42. The quantitative estimate of drug-likeness (QED) is 0.886. The first-order valence-corrected chi connectivity index (χ1v) is 6.97. The smallest absolute Gasteiger partial charge is 0.253 e. The van der Waals surface area contributed by atoms with E-state index in [1.165, 1.54) is 0 Å². The SMILES string of the molecule is CN(C(=O)c1cccc(C(N)=O)c1)C1CCCNCC1.Cl. The molecule has 1 saturated heterocycles. The molecule has 0 radical (unpaired) electrons. The molecule has 116 valence electrons. The summed E-state index contributed by atoms with van der Waals surface area (Å²) in [5.41, 5.74) is 6.13. The van der Waals surface area contributed by atoms with Gasteiger partial charge in [0.15, 0.2) is 0 Å². The first-order chi connectivity index (χ1) is 9.59. The fourth-order valence-corrected chi connectivity index (χ4v) is 2.56. The molecule has 0 saturated carbocycles. The van der Waals surface area contributed by atoms with Gasteiger partial charge in [0.1, 0.15) is 0 Å². The van der Waals surface area contributed by atoms with Crippen LogP contribution in [0, 0.1) is 0 Å². The lowest BCUT2D eigenvalue weighted by atomic mass is 10.1. The number of nitrogens with two attached hydrogens (primary N) is 1. The van der Waals surface area contributed by atoms with Crippen LogP contribution in [-0.4, -0.2) is 42.9 Å². The Hall–Kier alpha value is -1.59. The zero-order valence-corrected chi connectivity index (χ0v) is 13.0. The molecular formula is C15H22ClN3O2. The van der Waals surface area contributed by atoms with Crippen LogP contribution in [0.2, 0.25) is 0 Å². The van der Waals surface area contributed by atoms with Crippen LogP contribution in [0.5, 0.6) is 0 Å². The van der Waals surface area contributed by atoms with Gasteiger partial charge in [-0.25, -0.2) is 0 Å². The Labute approximate surface area is 131 Å². The van der Waals surface area contributed by atoms with E-state index in [-0.39, 0.29) is 24.4 Å². The molecule has 1 aromatic rings. The van der Waals surface area contributed by atoms with E-state index < -0.39 is 5.91 Å². The number of halogens is 1. The monoisotopic (exact) mass is 311 g/mol. The summed E-state index contributed by atoms with van der Waals surface area (Å²) in [5, 5.41) is 3.34. The van der Waals surface area contributed by atoms with E-state index in [2.05, 4.69) is 5.32 Å². The number of carbonyl (C=O) groups is 2. The van der Waals surface area contributed by atoms with E-state index in [1.54, 1.807) is 29.2 Å². The van der Waals surface area contributed by atoms with Crippen LogP contribution in [0.1, 0.15) is 40.0 Å². The first kappa shape index (κ1) is 17.5. The van der Waals surface area contributed by atoms with E-state index in [0.29, 0.717) is 11.1 Å². The summed E-state index contributed by atoms with van der Waals surface area (Å²) < 4.78 is 0. The topological polar surface area (TPSA) is 75.4 Å². The molecule has 3 N–H and O–H groups in total. The number of amides is 2. The van der Waals surface area contributed by atoms with Gasteiger partial charge in [-0.2, -0.15) is 0 Å². The largest absolute Gasteiger partial charge is 0.366 e. The molecule has 0 bridgehead atoms. The predicted molar refractivity (Wildman–Crippen MR) is 84.8 cm³/mol. The molecule has 1 aliphatic rings. The summed E-state index contributed by atoms with van der Waals surface area (Å²) in [6.45, 7) is 1.94. The second-order valence-electron chi connectivity index (χ2n) is 5.20. The van der Waals surface area contributed by atoms with Gasteiger partial charge in [-0.3, -0.25) is 9.59 Å². The zero-order chi connectivity index (χ0) is 14.5. The van der Waals surface area contributed by atoms with Gasteiger partial charge >= 0.3 is 0 Å². The van der Waals surface area contributed by atoms with Crippen molar-refractivity contribution >= 4 is 24.2 Å². The Morgan fingerprint density at radius 3 is 2.67 bits per heavy atom. The number of carbonyl (C=O) groups excluding carboxylic acids is 2. The second kappa shape index (κ2) is 8.00. The van der Waals surface area contributed by atoms with E-state index >= 15 is 0 Å². The summed E-state index contributed by atoms with van der Waals surface area (Å²) in [4.78, 5) is 25.5. The zero-order valence-electron chi connectivity index (χ0n) is 12.2. The van der Waals surface area contributed by atoms with Crippen LogP contribution in [0.25, 0.3) is 0 Å². The van der Waals surface area contributed by atoms with Crippen LogP contribution in [0.15, 0.2) is 24.3 Å². The molecule has 1 unspecified atom stereocenters. The molecule has 1 heterocycles. The molecule has 2 rings (SSSR count). The van der Waals surface area contributed by atoms with Crippen molar-refractivity contribution in [3.63, 3.8) is 0 Å². The summed E-state index contributed by atoms with van der Waals surface area (Å²) >= 11 is 0. The summed E-state index contributed by atoms with van der Waals surface area (Å²) in [6.07, 6.45) is 3.03. The average molecular weight is 312 g/mol. The number of rotatable bonds is 3. The average Bonchev–Trinajstić information content (AvgIpc) is 2.75. The fourth-order valence-electron chi connectivity index (χ4n) is 2.56. The van der Waals surface area contributed by atoms with Crippen molar-refractivity contribution in [3.05, 3.63) is 35.4 Å². The van der Waals surface area contributed by atoms with E-state index in [9.17, 15) is 9.59 Å². The third-order valence-corrected chi connectivity index (χ3v) is 3.81. The third kappa shape index (κ3) is 4.44. The highest BCUT2D eigenvalue weighted by molar-refractivity contribution is 5.99. The highest BCUT2D eigenvalue weighted by Gasteiger charge is 2.22. The number of nitrogens with one attached hydrogen (secondary N) is 1. The summed E-state index contributed by atoms with van der Waals surface area (Å²) in [5.74, 6) is -0.569. The van der Waals surface area contributed by atoms with Crippen LogP contribution in [-0.2, 0) is 0 Å². The number of benzene rings is 1. The molecule has 21 heavy (non-hydrogen) atoms. The maximum atomic E-state index is 12.5. The van der Waals surface area contributed by atoms with Gasteiger partial charge in [0.2, 0.25) is 5.91 Å². The lowest BCUT2D eigenvalue weighted by molar-refractivity contribution is 0.0720. The van der Waals surface area contributed by atoms with Gasteiger partial charge in [-0.05, 0) is 50.6 Å². The van der Waals surface area contributed by atoms with Gasteiger partial charge in [0, 0.05) is 24.2 Å². The first-order valence-electron chi connectivity index (χ1n) is 6.97. The van der Waals surface area contributed by atoms with Crippen LogP contribution >= 0.6 is 12.4 Å². The summed E-state index contributed by atoms with van der Waals surface area (Å²) in [7, 11) is 1.83. The Balaban J connectivity index is 0.00000220. The molecule has 1 atom stereocenters. The number of primary amides is 1. The van der Waals surface area contributed by atoms with E-state index in [0.717, 1.165) is 32.4 Å². The normalized spacial score (nSPS) is 18.2. The van der Waals surface area contributed by atoms with E-state index in [4.69, 9.17) is 5.73 Å². The molecule has 1 fully saturated rings. The van der Waals surface area contributed by atoms with Crippen LogP contribution < -0.4 is 11.1 Å². The molecule has 1 aliphatic heterocycles. The van der Waals surface area contributed by atoms with E-state index in [1.807, 2.05) is 7.05 Å². The van der Waals surface area contributed by atoms with Gasteiger partial charge < -0.3 is 16.0 Å². The molecule has 2 amide bonds. The molecule has 0 aliphatic carbocycles. The van der Waals surface area contributed by atoms with Gasteiger partial charge in [0.25, 0.3) is 5.91 Å². The molecule has 0 aromatic heterocycles. The minimum Gasteiger partial charge on any atom is -0.366 e. The summed E-state index contributed by atoms with van der Waals surface area (Å²) in [6, 6.07) is 6.84. The molecular weight excluding hydrogens is 290 g/mol. The highest BCUT2D eigenvalue weighted by Crippen LogP contribution is 2.15. The van der Waals surface area contributed by atoms with Crippen molar-refractivity contribution < 1.29 is 9.59 Å². The second-order valence-corrected chi connectivity index (χ2v) is 5.20. The van der Waals surface area contributed by atoms with Crippen molar-refractivity contribution in [2.45, 2.75) is 25.3 Å². The number of hydrogen-bond donors (Lipinski definition) is 2. The third-order valence-electron chi connectivity index (χ3n) is 3.81. The van der Waals surface area contributed by atoms with Crippen LogP contribution in [0.3, 0.4) is 0 Å². The van der Waals surface area contributed by atoms with Gasteiger partial charge in [0.05, 0.1) is 0 Å². The maximum absolute atomic E-state index is 12.5. The fraction of sp³-hybridized carbons (Fsp3) is 0.467. The molecule has 6 heteroatoms. The minimum atomic E-state index is -0.513. The van der Waals surface area contributed by atoms with Crippen molar-refractivity contribution in [1.29, 1.82) is 0 Å². The van der Waals surface area contributed by atoms with Crippen molar-refractivity contribution in [3.8, 4) is 0 Å². The van der Waals surface area contributed by atoms with Gasteiger partial charge in [-0.15, -0.1) is 12.4 Å². The van der Waals surface area contributed by atoms with Crippen LogP contribution in [0.4, 0.5) is 0 Å². The Bertz CT molecular complexity index is 499. The highest BCUT2D eigenvalue weighted by atomic mass is 35.5. The standard InChI is InChI=1S/C15H21N3O2.ClH/c1-18(13-6-3-8-17-9-7-13)15(20)12-5-2-4-11(10-12)14(16)19;/h2,4-5,10,13,17H,3,6-9H2,1H3,(H2,16,19);1H.